The minimum absolute atomic E-state index is 0.600. The largest absolute Gasteiger partial charge is 0.313 e. The fraction of sp³-hybridized carbons (Fsp3) is 0.571. The number of benzene rings is 1. The predicted molar refractivity (Wildman–Crippen MR) is 62.8 cm³/mol. The van der Waals surface area contributed by atoms with Gasteiger partial charge in [-0.2, -0.15) is 0 Å². The second-order valence-electron chi connectivity index (χ2n) is 5.14. The van der Waals surface area contributed by atoms with E-state index >= 15 is 0 Å². The topological polar surface area (TPSA) is 12.0 Å². The molecule has 2 aliphatic carbocycles. The van der Waals surface area contributed by atoms with E-state index in [0.717, 1.165) is 0 Å². The van der Waals surface area contributed by atoms with Gasteiger partial charge in [-0.25, -0.2) is 0 Å². The summed E-state index contributed by atoms with van der Waals surface area (Å²) in [5.74, 6) is 0. The van der Waals surface area contributed by atoms with Gasteiger partial charge in [0.15, 0.2) is 0 Å². The highest BCUT2D eigenvalue weighted by Gasteiger charge is 2.46. The lowest BCUT2D eigenvalue weighted by atomic mass is 9.57. The molecule has 1 saturated carbocycles. The van der Waals surface area contributed by atoms with E-state index in [1.807, 2.05) is 0 Å². The molecule has 1 aromatic carbocycles. The molecule has 1 N–H and O–H groups in total. The minimum atomic E-state index is 0.600. The Bertz CT molecular complexity index is 365. The summed E-state index contributed by atoms with van der Waals surface area (Å²) in [5.41, 5.74) is 3.73. The molecular weight excluding hydrogens is 182 g/mol. The molecule has 0 radical (unpaired) electrons. The zero-order valence-electron chi connectivity index (χ0n) is 9.42. The standard InChI is InChI=1S/C14H19N/c1-15-13-12-6-3-2-5-11(12)7-10-14(13)8-4-9-14/h2-3,5-6,13,15H,4,7-10H2,1H3. The van der Waals surface area contributed by atoms with Crippen molar-refractivity contribution in [2.45, 2.75) is 38.1 Å². The number of hydrogen-bond donors (Lipinski definition) is 1. The molecule has 1 nitrogen and oxygen atoms in total. The molecule has 0 heterocycles. The van der Waals surface area contributed by atoms with E-state index < -0.39 is 0 Å². The van der Waals surface area contributed by atoms with Crippen molar-refractivity contribution in [3.63, 3.8) is 0 Å². The number of fused-ring (bicyclic) bond motifs is 1. The molecule has 0 bridgehead atoms. The fourth-order valence-corrected chi connectivity index (χ4v) is 3.53. The van der Waals surface area contributed by atoms with Crippen molar-refractivity contribution in [3.8, 4) is 0 Å². The summed E-state index contributed by atoms with van der Waals surface area (Å²) in [6.45, 7) is 0. The molecule has 15 heavy (non-hydrogen) atoms. The summed E-state index contributed by atoms with van der Waals surface area (Å²) in [4.78, 5) is 0. The zero-order valence-corrected chi connectivity index (χ0v) is 9.42. The molecular formula is C14H19N. The fourth-order valence-electron chi connectivity index (χ4n) is 3.53. The highest BCUT2D eigenvalue weighted by Crippen LogP contribution is 2.56. The van der Waals surface area contributed by atoms with Crippen LogP contribution in [-0.4, -0.2) is 7.05 Å². The Kier molecular flexibility index (Phi) is 2.10. The van der Waals surface area contributed by atoms with Gasteiger partial charge in [-0.3, -0.25) is 0 Å². The molecule has 3 rings (SSSR count). The van der Waals surface area contributed by atoms with Gasteiger partial charge in [0.1, 0.15) is 0 Å². The average molecular weight is 201 g/mol. The van der Waals surface area contributed by atoms with Gasteiger partial charge in [-0.1, -0.05) is 30.7 Å². The maximum atomic E-state index is 3.55. The van der Waals surface area contributed by atoms with Crippen molar-refractivity contribution in [3.05, 3.63) is 35.4 Å². The molecule has 1 heteroatoms. The summed E-state index contributed by atoms with van der Waals surface area (Å²) < 4.78 is 0. The normalized spacial score (nSPS) is 27.1. The number of aryl methyl sites for hydroxylation is 1. The van der Waals surface area contributed by atoms with Crippen molar-refractivity contribution < 1.29 is 0 Å². The van der Waals surface area contributed by atoms with Crippen molar-refractivity contribution in [1.29, 1.82) is 0 Å². The van der Waals surface area contributed by atoms with Crippen LogP contribution in [0.2, 0.25) is 0 Å². The van der Waals surface area contributed by atoms with E-state index in [0.29, 0.717) is 11.5 Å². The lowest BCUT2D eigenvalue weighted by molar-refractivity contribution is 0.0573. The van der Waals surface area contributed by atoms with Crippen molar-refractivity contribution in [2.24, 2.45) is 5.41 Å². The highest BCUT2D eigenvalue weighted by atomic mass is 14.9. The van der Waals surface area contributed by atoms with Crippen LogP contribution >= 0.6 is 0 Å². The average Bonchev–Trinajstić information content (AvgIpc) is 2.25. The molecule has 0 saturated heterocycles. The van der Waals surface area contributed by atoms with Gasteiger partial charge in [0.25, 0.3) is 0 Å². The smallest absolute Gasteiger partial charge is 0.0377 e. The van der Waals surface area contributed by atoms with Gasteiger partial charge < -0.3 is 5.32 Å². The Morgan fingerprint density at radius 1 is 1.20 bits per heavy atom. The maximum absolute atomic E-state index is 3.55. The van der Waals surface area contributed by atoms with Crippen LogP contribution in [0.3, 0.4) is 0 Å². The molecule has 80 valence electrons. The van der Waals surface area contributed by atoms with E-state index in [4.69, 9.17) is 0 Å². The maximum Gasteiger partial charge on any atom is 0.0377 e. The first-order chi connectivity index (χ1) is 7.36. The number of nitrogens with one attached hydrogen (secondary N) is 1. The molecule has 0 aromatic heterocycles. The molecule has 1 spiro atoms. The van der Waals surface area contributed by atoms with Crippen molar-refractivity contribution in [1.82, 2.24) is 5.32 Å². The Morgan fingerprint density at radius 2 is 2.00 bits per heavy atom. The summed E-state index contributed by atoms with van der Waals surface area (Å²) in [7, 11) is 2.12. The molecule has 0 aliphatic heterocycles. The van der Waals surface area contributed by atoms with E-state index in [2.05, 4.69) is 36.6 Å². The quantitative estimate of drug-likeness (QED) is 0.736. The first-order valence-corrected chi connectivity index (χ1v) is 6.11. The lowest BCUT2D eigenvalue weighted by Gasteiger charge is -2.51. The molecule has 0 amide bonds. The predicted octanol–water partition coefficient (Wildman–Crippen LogP) is 3.06. The zero-order chi connectivity index (χ0) is 10.3. The van der Waals surface area contributed by atoms with E-state index in [1.54, 1.807) is 11.1 Å². The van der Waals surface area contributed by atoms with Gasteiger partial charge in [-0.15, -0.1) is 0 Å². The van der Waals surface area contributed by atoms with Gasteiger partial charge in [0.2, 0.25) is 0 Å². The third kappa shape index (κ3) is 1.26. The van der Waals surface area contributed by atoms with Crippen LogP contribution in [-0.2, 0) is 6.42 Å². The Hall–Kier alpha value is -0.820. The Morgan fingerprint density at radius 3 is 2.67 bits per heavy atom. The molecule has 1 aromatic rings. The first kappa shape index (κ1) is 9.41. The second kappa shape index (κ2) is 3.34. The van der Waals surface area contributed by atoms with Crippen LogP contribution < -0.4 is 5.32 Å². The molecule has 2 aliphatic rings. The van der Waals surface area contributed by atoms with Crippen molar-refractivity contribution >= 4 is 0 Å². The Labute approximate surface area is 91.9 Å². The van der Waals surface area contributed by atoms with Crippen LogP contribution in [0.4, 0.5) is 0 Å². The summed E-state index contributed by atoms with van der Waals surface area (Å²) in [6.07, 6.45) is 6.95. The monoisotopic (exact) mass is 201 g/mol. The van der Waals surface area contributed by atoms with E-state index in [1.165, 1.54) is 32.1 Å². The highest BCUT2D eigenvalue weighted by molar-refractivity contribution is 5.35. The Balaban J connectivity index is 2.03. The van der Waals surface area contributed by atoms with Crippen molar-refractivity contribution in [2.75, 3.05) is 7.05 Å². The first-order valence-electron chi connectivity index (χ1n) is 6.11. The van der Waals surface area contributed by atoms with Crippen LogP contribution in [0.25, 0.3) is 0 Å². The van der Waals surface area contributed by atoms with Gasteiger partial charge in [-0.05, 0) is 49.3 Å². The van der Waals surface area contributed by atoms with Crippen LogP contribution in [0.5, 0.6) is 0 Å². The molecule has 1 atom stereocenters. The SMILES string of the molecule is CNC1c2ccccc2CCC12CCC2. The second-order valence-corrected chi connectivity index (χ2v) is 5.14. The summed E-state index contributed by atoms with van der Waals surface area (Å²) >= 11 is 0. The third-order valence-corrected chi connectivity index (χ3v) is 4.51. The number of rotatable bonds is 1. The molecule has 1 fully saturated rings. The minimum Gasteiger partial charge on any atom is -0.313 e. The third-order valence-electron chi connectivity index (χ3n) is 4.51. The van der Waals surface area contributed by atoms with Crippen LogP contribution in [0, 0.1) is 5.41 Å². The number of hydrogen-bond acceptors (Lipinski definition) is 1. The van der Waals surface area contributed by atoms with Gasteiger partial charge in [0.05, 0.1) is 0 Å². The van der Waals surface area contributed by atoms with E-state index in [9.17, 15) is 0 Å². The summed E-state index contributed by atoms with van der Waals surface area (Å²) in [6, 6.07) is 9.57. The molecule has 1 unspecified atom stereocenters. The summed E-state index contributed by atoms with van der Waals surface area (Å²) in [5, 5.41) is 3.55. The van der Waals surface area contributed by atoms with Crippen LogP contribution in [0.1, 0.15) is 42.9 Å². The van der Waals surface area contributed by atoms with Gasteiger partial charge in [0, 0.05) is 6.04 Å². The lowest BCUT2D eigenvalue weighted by Crippen LogP contribution is -2.45. The van der Waals surface area contributed by atoms with Gasteiger partial charge >= 0.3 is 0 Å². The van der Waals surface area contributed by atoms with Crippen LogP contribution in [0.15, 0.2) is 24.3 Å². The van der Waals surface area contributed by atoms with E-state index in [-0.39, 0.29) is 0 Å².